The predicted octanol–water partition coefficient (Wildman–Crippen LogP) is 6.70. The van der Waals surface area contributed by atoms with Gasteiger partial charge in [-0.25, -0.2) is 0 Å². The molecule has 0 radical (unpaired) electrons. The Kier molecular flexibility index (Phi) is 6.35. The summed E-state index contributed by atoms with van der Waals surface area (Å²) < 4.78 is 0.982. The van der Waals surface area contributed by atoms with E-state index in [2.05, 4.69) is 69.2 Å². The molecule has 25 heavy (non-hydrogen) atoms. The molecule has 2 nitrogen and oxygen atoms in total. The number of halogens is 1. The number of hydrogen-bond acceptors (Lipinski definition) is 2. The summed E-state index contributed by atoms with van der Waals surface area (Å²) in [5.74, 6) is 0. The van der Waals surface area contributed by atoms with Crippen LogP contribution in [-0.4, -0.2) is 9.97 Å². The molecule has 0 N–H and O–H groups in total. The topological polar surface area (TPSA) is 25.8 Å². The molecule has 0 fully saturated rings. The lowest BCUT2D eigenvalue weighted by Gasteiger charge is -2.06. The predicted molar refractivity (Wildman–Crippen MR) is 108 cm³/mol. The molecular weight excluding hydrogens is 372 g/mol. The van der Waals surface area contributed by atoms with Crippen molar-refractivity contribution >= 4 is 15.9 Å². The first kappa shape index (κ1) is 17.8. The molecule has 0 spiro atoms. The van der Waals surface area contributed by atoms with E-state index in [-0.39, 0.29) is 0 Å². The van der Waals surface area contributed by atoms with Gasteiger partial charge in [-0.1, -0.05) is 50.5 Å². The molecule has 3 heteroatoms. The van der Waals surface area contributed by atoms with E-state index in [9.17, 15) is 0 Å². The van der Waals surface area contributed by atoms with Crippen LogP contribution >= 0.6 is 15.9 Å². The fourth-order valence-corrected chi connectivity index (χ4v) is 3.10. The molecule has 3 rings (SSSR count). The van der Waals surface area contributed by atoms with E-state index in [1.807, 2.05) is 24.5 Å². The highest BCUT2D eigenvalue weighted by Gasteiger charge is 2.03. The SMILES string of the molecule is CCCCCCc1ccc(-c2ccc(-c3ccc(Br)cn3)cn2)cc1. The number of nitrogens with zero attached hydrogens (tertiary/aromatic N) is 2. The summed E-state index contributed by atoms with van der Waals surface area (Å²) in [5.41, 5.74) is 5.54. The average Bonchev–Trinajstić information content (AvgIpc) is 2.67. The standard InChI is InChI=1S/C22H23BrN2/c1-2-3-4-5-6-17-7-9-18(10-8-17)21-13-11-19(15-24-21)22-14-12-20(23)16-25-22/h7-16H,2-6H2,1H3. The van der Waals surface area contributed by atoms with E-state index in [1.165, 1.54) is 37.7 Å². The van der Waals surface area contributed by atoms with Gasteiger partial charge in [0.2, 0.25) is 0 Å². The van der Waals surface area contributed by atoms with Crippen molar-refractivity contribution in [2.24, 2.45) is 0 Å². The van der Waals surface area contributed by atoms with Gasteiger partial charge < -0.3 is 0 Å². The molecule has 0 amide bonds. The zero-order chi connectivity index (χ0) is 17.5. The summed E-state index contributed by atoms with van der Waals surface area (Å²) in [6.45, 7) is 2.25. The van der Waals surface area contributed by atoms with Crippen LogP contribution in [-0.2, 0) is 6.42 Å². The second-order valence-electron chi connectivity index (χ2n) is 6.30. The Hall–Kier alpha value is -2.00. The van der Waals surface area contributed by atoms with Crippen LogP contribution in [0.4, 0.5) is 0 Å². The molecule has 128 valence electrons. The molecule has 0 saturated carbocycles. The van der Waals surface area contributed by atoms with Crippen molar-refractivity contribution in [1.29, 1.82) is 0 Å². The molecule has 0 atom stereocenters. The Morgan fingerprint density at radius 3 is 2.04 bits per heavy atom. The van der Waals surface area contributed by atoms with Gasteiger partial charge in [0.1, 0.15) is 0 Å². The molecular formula is C22H23BrN2. The summed E-state index contributed by atoms with van der Waals surface area (Å²) in [5, 5.41) is 0. The van der Waals surface area contributed by atoms with Gasteiger partial charge in [-0.05, 0) is 58.6 Å². The zero-order valence-corrected chi connectivity index (χ0v) is 16.2. The number of aromatic nitrogens is 2. The number of benzene rings is 1. The van der Waals surface area contributed by atoms with Crippen LogP contribution < -0.4 is 0 Å². The number of pyridine rings is 2. The Bertz CT molecular complexity index is 778. The van der Waals surface area contributed by atoms with Gasteiger partial charge in [0.15, 0.2) is 0 Å². The van der Waals surface area contributed by atoms with Gasteiger partial charge in [-0.2, -0.15) is 0 Å². The maximum Gasteiger partial charge on any atom is 0.0718 e. The molecule has 2 aromatic heterocycles. The Labute approximate surface area is 158 Å². The largest absolute Gasteiger partial charge is 0.256 e. The Morgan fingerprint density at radius 1 is 0.720 bits per heavy atom. The molecule has 0 bridgehead atoms. The van der Waals surface area contributed by atoms with E-state index in [0.717, 1.165) is 27.0 Å². The summed E-state index contributed by atoms with van der Waals surface area (Å²) >= 11 is 3.41. The van der Waals surface area contributed by atoms with Crippen molar-refractivity contribution in [3.05, 3.63) is 71.0 Å². The molecule has 0 aliphatic rings. The first-order valence-corrected chi connectivity index (χ1v) is 9.73. The number of hydrogen-bond donors (Lipinski definition) is 0. The zero-order valence-electron chi connectivity index (χ0n) is 14.6. The van der Waals surface area contributed by atoms with Crippen molar-refractivity contribution in [2.75, 3.05) is 0 Å². The summed E-state index contributed by atoms with van der Waals surface area (Å²) in [7, 11) is 0. The average molecular weight is 395 g/mol. The van der Waals surface area contributed by atoms with Gasteiger partial charge >= 0.3 is 0 Å². The fourth-order valence-electron chi connectivity index (χ4n) is 2.86. The van der Waals surface area contributed by atoms with Crippen molar-refractivity contribution in [2.45, 2.75) is 39.0 Å². The van der Waals surface area contributed by atoms with Crippen molar-refractivity contribution < 1.29 is 0 Å². The molecule has 0 unspecified atom stereocenters. The van der Waals surface area contributed by atoms with E-state index < -0.39 is 0 Å². The van der Waals surface area contributed by atoms with Gasteiger partial charge in [-0.15, -0.1) is 0 Å². The monoisotopic (exact) mass is 394 g/mol. The fraction of sp³-hybridized carbons (Fsp3) is 0.273. The van der Waals surface area contributed by atoms with E-state index in [1.54, 1.807) is 0 Å². The number of unbranched alkanes of at least 4 members (excludes halogenated alkanes) is 3. The quantitative estimate of drug-likeness (QED) is 0.416. The third kappa shape index (κ3) is 4.99. The second kappa shape index (κ2) is 8.91. The smallest absolute Gasteiger partial charge is 0.0718 e. The van der Waals surface area contributed by atoms with Crippen LogP contribution in [0.15, 0.2) is 65.4 Å². The minimum atomic E-state index is 0.935. The van der Waals surface area contributed by atoms with E-state index in [0.29, 0.717) is 0 Å². The molecule has 0 aliphatic carbocycles. The minimum Gasteiger partial charge on any atom is -0.256 e. The maximum atomic E-state index is 4.61. The maximum absolute atomic E-state index is 4.61. The van der Waals surface area contributed by atoms with Crippen LogP contribution in [0, 0.1) is 0 Å². The number of aryl methyl sites for hydroxylation is 1. The highest BCUT2D eigenvalue weighted by atomic mass is 79.9. The normalized spacial score (nSPS) is 10.8. The van der Waals surface area contributed by atoms with Crippen molar-refractivity contribution in [3.63, 3.8) is 0 Å². The van der Waals surface area contributed by atoms with Crippen LogP contribution in [0.3, 0.4) is 0 Å². The molecule has 0 saturated heterocycles. The molecule has 2 heterocycles. The van der Waals surface area contributed by atoms with Crippen molar-refractivity contribution in [1.82, 2.24) is 9.97 Å². The molecule has 0 aliphatic heterocycles. The Morgan fingerprint density at radius 2 is 1.40 bits per heavy atom. The summed E-state index contributed by atoms with van der Waals surface area (Å²) in [6.07, 6.45) is 10.1. The second-order valence-corrected chi connectivity index (χ2v) is 7.22. The van der Waals surface area contributed by atoms with Crippen LogP contribution in [0.1, 0.15) is 38.2 Å². The number of rotatable bonds is 7. The lowest BCUT2D eigenvalue weighted by molar-refractivity contribution is 0.667. The Balaban J connectivity index is 1.66. The third-order valence-corrected chi connectivity index (χ3v) is 4.82. The van der Waals surface area contributed by atoms with Gasteiger partial charge in [0.05, 0.1) is 11.4 Å². The van der Waals surface area contributed by atoms with Gasteiger partial charge in [0, 0.05) is 28.0 Å². The summed E-state index contributed by atoms with van der Waals surface area (Å²) in [4.78, 5) is 9.03. The summed E-state index contributed by atoms with van der Waals surface area (Å²) in [6, 6.07) is 16.9. The lowest BCUT2D eigenvalue weighted by atomic mass is 10.0. The molecule has 3 aromatic rings. The van der Waals surface area contributed by atoms with Crippen LogP contribution in [0.5, 0.6) is 0 Å². The third-order valence-electron chi connectivity index (χ3n) is 4.36. The first-order chi connectivity index (χ1) is 12.3. The van der Waals surface area contributed by atoms with Crippen LogP contribution in [0.2, 0.25) is 0 Å². The highest BCUT2D eigenvalue weighted by molar-refractivity contribution is 9.10. The lowest BCUT2D eigenvalue weighted by Crippen LogP contribution is -1.89. The van der Waals surface area contributed by atoms with Gasteiger partial charge in [0.25, 0.3) is 0 Å². The molecule has 1 aromatic carbocycles. The van der Waals surface area contributed by atoms with Gasteiger partial charge in [-0.3, -0.25) is 9.97 Å². The minimum absolute atomic E-state index is 0.935. The van der Waals surface area contributed by atoms with E-state index >= 15 is 0 Å². The van der Waals surface area contributed by atoms with Crippen LogP contribution in [0.25, 0.3) is 22.5 Å². The highest BCUT2D eigenvalue weighted by Crippen LogP contribution is 2.23. The van der Waals surface area contributed by atoms with E-state index in [4.69, 9.17) is 0 Å². The first-order valence-electron chi connectivity index (χ1n) is 8.93. The van der Waals surface area contributed by atoms with Crippen molar-refractivity contribution in [3.8, 4) is 22.5 Å².